The number of sulfonamides is 1. The van der Waals surface area contributed by atoms with Gasteiger partial charge in [-0.2, -0.15) is 9.40 Å². The number of ether oxygens (including phenoxy) is 1. The molecule has 4 rings (SSSR count). The Bertz CT molecular complexity index is 1610. The summed E-state index contributed by atoms with van der Waals surface area (Å²) in [7, 11) is -0.528. The average Bonchev–Trinajstić information content (AvgIpc) is 3.52. The second kappa shape index (κ2) is 10.4. The second-order valence-corrected chi connectivity index (χ2v) is 10.3. The lowest BCUT2D eigenvalue weighted by Crippen LogP contribution is -2.26. The molecule has 2 aromatic carbocycles. The van der Waals surface area contributed by atoms with E-state index in [0.717, 1.165) is 10.6 Å². The predicted molar refractivity (Wildman–Crippen MR) is 136 cm³/mol. The fraction of sp³-hybridized carbons (Fsp3) is 0.167. The van der Waals surface area contributed by atoms with E-state index in [0.29, 0.717) is 22.9 Å². The fourth-order valence-electron chi connectivity index (χ4n) is 3.53. The molecule has 0 saturated carbocycles. The minimum Gasteiger partial charge on any atom is -0.497 e. The van der Waals surface area contributed by atoms with Gasteiger partial charge in [-0.15, -0.1) is 0 Å². The highest BCUT2D eigenvalue weighted by atomic mass is 32.2. The summed E-state index contributed by atoms with van der Waals surface area (Å²) in [5.74, 6) is -1.37. The zero-order valence-electron chi connectivity index (χ0n) is 20.6. The summed E-state index contributed by atoms with van der Waals surface area (Å²) in [5.41, 5.74) is 5.85. The van der Waals surface area contributed by atoms with Crippen LogP contribution in [-0.2, 0) is 16.6 Å². The van der Waals surface area contributed by atoms with Crippen LogP contribution in [-0.4, -0.2) is 64.3 Å². The van der Waals surface area contributed by atoms with Crippen molar-refractivity contribution in [3.63, 3.8) is 0 Å². The van der Waals surface area contributed by atoms with Crippen LogP contribution >= 0.6 is 0 Å². The van der Waals surface area contributed by atoms with Crippen LogP contribution in [0.4, 0.5) is 10.1 Å². The van der Waals surface area contributed by atoms with Gasteiger partial charge in [0.05, 0.1) is 31.3 Å². The summed E-state index contributed by atoms with van der Waals surface area (Å²) in [4.78, 5) is 29.0. The SMILES string of the molecule is COc1ccc(-n2nc(C(N)=O)cc2C(=O)Nc2ccc(-n3ccnc3CN(C)S(C)(=O)=O)cc2F)cc1. The van der Waals surface area contributed by atoms with Gasteiger partial charge in [0.15, 0.2) is 5.69 Å². The molecule has 0 saturated heterocycles. The summed E-state index contributed by atoms with van der Waals surface area (Å²) in [6.45, 7) is -0.0243. The normalized spacial score (nSPS) is 11.5. The molecule has 0 atom stereocenters. The van der Waals surface area contributed by atoms with Gasteiger partial charge < -0.3 is 20.4 Å². The molecule has 0 bridgehead atoms. The van der Waals surface area contributed by atoms with E-state index in [1.807, 2.05) is 0 Å². The summed E-state index contributed by atoms with van der Waals surface area (Å²) in [6.07, 6.45) is 4.11. The Kier molecular flexibility index (Phi) is 7.28. The first kappa shape index (κ1) is 26.5. The molecule has 2 aromatic heterocycles. The highest BCUT2D eigenvalue weighted by Crippen LogP contribution is 2.22. The lowest BCUT2D eigenvalue weighted by atomic mass is 10.2. The molecule has 0 spiro atoms. The van der Waals surface area contributed by atoms with Gasteiger partial charge in [-0.3, -0.25) is 9.59 Å². The molecule has 2 amide bonds. The Morgan fingerprint density at radius 2 is 1.82 bits per heavy atom. The first-order chi connectivity index (χ1) is 18.0. The van der Waals surface area contributed by atoms with Crippen molar-refractivity contribution < 1.29 is 27.1 Å². The molecule has 0 unspecified atom stereocenters. The zero-order valence-corrected chi connectivity index (χ0v) is 21.4. The second-order valence-electron chi connectivity index (χ2n) is 8.24. The van der Waals surface area contributed by atoms with Crippen molar-refractivity contribution in [3.05, 3.63) is 84.0 Å². The van der Waals surface area contributed by atoms with Gasteiger partial charge in [-0.1, -0.05) is 0 Å². The number of hydrogen-bond acceptors (Lipinski definition) is 7. The standard InChI is InChI=1S/C24H24FN7O5S/c1-30(38(3,35)36)14-22-27-10-11-31(22)16-6-9-19(18(25)12-16)28-24(34)21-13-20(23(26)33)29-32(21)15-4-7-17(37-2)8-5-15/h4-13H,14H2,1-3H3,(H2,26,33)(H,28,34). The van der Waals surface area contributed by atoms with Crippen molar-refractivity contribution in [2.24, 2.45) is 5.73 Å². The molecule has 198 valence electrons. The predicted octanol–water partition coefficient (Wildman–Crippen LogP) is 1.95. The molecule has 12 nitrogen and oxygen atoms in total. The number of primary amides is 1. The first-order valence-corrected chi connectivity index (χ1v) is 12.9. The molecule has 0 radical (unpaired) electrons. The van der Waals surface area contributed by atoms with Crippen molar-refractivity contribution in [1.29, 1.82) is 0 Å². The number of aromatic nitrogens is 4. The van der Waals surface area contributed by atoms with E-state index in [-0.39, 0.29) is 23.6 Å². The molecule has 0 aliphatic heterocycles. The minimum absolute atomic E-state index is 0.0243. The molecular formula is C24H24FN7O5S. The number of carbonyl (C=O) groups is 2. The van der Waals surface area contributed by atoms with Crippen LogP contribution in [0.2, 0.25) is 0 Å². The molecule has 14 heteroatoms. The lowest BCUT2D eigenvalue weighted by Gasteiger charge is -2.15. The van der Waals surface area contributed by atoms with Gasteiger partial charge in [0.25, 0.3) is 11.8 Å². The maximum absolute atomic E-state index is 15.1. The minimum atomic E-state index is -3.45. The number of benzene rings is 2. The molecule has 0 aliphatic carbocycles. The fourth-order valence-corrected chi connectivity index (χ4v) is 3.88. The van der Waals surface area contributed by atoms with Gasteiger partial charge >= 0.3 is 0 Å². The van der Waals surface area contributed by atoms with Crippen LogP contribution in [0.1, 0.15) is 26.8 Å². The Morgan fingerprint density at radius 3 is 2.42 bits per heavy atom. The summed E-state index contributed by atoms with van der Waals surface area (Å²) in [5, 5.41) is 6.60. The highest BCUT2D eigenvalue weighted by Gasteiger charge is 2.21. The van der Waals surface area contributed by atoms with E-state index in [4.69, 9.17) is 10.5 Å². The summed E-state index contributed by atoms with van der Waals surface area (Å²) < 4.78 is 47.6. The zero-order chi connectivity index (χ0) is 27.6. The number of hydrogen-bond donors (Lipinski definition) is 2. The number of nitrogens with two attached hydrogens (primary N) is 1. The Balaban J connectivity index is 1.61. The number of nitrogens with one attached hydrogen (secondary N) is 1. The van der Waals surface area contributed by atoms with Gasteiger partial charge in [0, 0.05) is 37.3 Å². The van der Waals surface area contributed by atoms with E-state index in [2.05, 4.69) is 15.4 Å². The first-order valence-electron chi connectivity index (χ1n) is 11.1. The quantitative estimate of drug-likeness (QED) is 0.328. The van der Waals surface area contributed by atoms with E-state index in [1.165, 1.54) is 47.8 Å². The number of methoxy groups -OCH3 is 1. The number of imidazole rings is 1. The van der Waals surface area contributed by atoms with Crippen molar-refractivity contribution in [2.45, 2.75) is 6.54 Å². The number of nitrogens with zero attached hydrogens (tertiary/aromatic N) is 5. The van der Waals surface area contributed by atoms with E-state index < -0.39 is 27.7 Å². The van der Waals surface area contributed by atoms with Crippen molar-refractivity contribution in [2.75, 3.05) is 25.7 Å². The molecule has 4 aromatic rings. The molecular weight excluding hydrogens is 517 g/mol. The Morgan fingerprint density at radius 1 is 1.13 bits per heavy atom. The van der Waals surface area contributed by atoms with Crippen LogP contribution in [0.25, 0.3) is 11.4 Å². The van der Waals surface area contributed by atoms with E-state index >= 15 is 4.39 Å². The van der Waals surface area contributed by atoms with Crippen LogP contribution < -0.4 is 15.8 Å². The smallest absolute Gasteiger partial charge is 0.274 e. The van der Waals surface area contributed by atoms with E-state index in [9.17, 15) is 18.0 Å². The maximum atomic E-state index is 15.1. The molecule has 0 aliphatic rings. The third-order valence-corrected chi connectivity index (χ3v) is 6.90. The molecule has 2 heterocycles. The monoisotopic (exact) mass is 541 g/mol. The Labute approximate surface area is 217 Å². The van der Waals surface area contributed by atoms with Crippen LogP contribution in [0, 0.1) is 5.82 Å². The lowest BCUT2D eigenvalue weighted by molar-refractivity contribution is 0.0993. The van der Waals surface area contributed by atoms with Gasteiger partial charge in [0.1, 0.15) is 23.1 Å². The van der Waals surface area contributed by atoms with Gasteiger partial charge in [-0.25, -0.2) is 22.5 Å². The molecule has 3 N–H and O–H groups in total. The van der Waals surface area contributed by atoms with Crippen molar-refractivity contribution in [1.82, 2.24) is 23.6 Å². The van der Waals surface area contributed by atoms with Crippen LogP contribution in [0.5, 0.6) is 5.75 Å². The number of amides is 2. The number of rotatable bonds is 9. The Hall–Kier alpha value is -4.56. The number of halogens is 1. The van der Waals surface area contributed by atoms with Gasteiger partial charge in [-0.05, 0) is 36.4 Å². The van der Waals surface area contributed by atoms with Crippen molar-refractivity contribution >= 4 is 27.5 Å². The van der Waals surface area contributed by atoms with Gasteiger partial charge in [0.2, 0.25) is 10.0 Å². The largest absolute Gasteiger partial charge is 0.497 e. The number of anilines is 1. The average molecular weight is 542 g/mol. The summed E-state index contributed by atoms with van der Waals surface area (Å²) >= 11 is 0. The topological polar surface area (TPSA) is 154 Å². The van der Waals surface area contributed by atoms with Crippen LogP contribution in [0.15, 0.2) is 60.9 Å². The third-order valence-electron chi connectivity index (χ3n) is 5.64. The van der Waals surface area contributed by atoms with E-state index in [1.54, 1.807) is 36.5 Å². The summed E-state index contributed by atoms with van der Waals surface area (Å²) in [6, 6.07) is 11.9. The van der Waals surface area contributed by atoms with Crippen LogP contribution in [0.3, 0.4) is 0 Å². The number of carbonyl (C=O) groups excluding carboxylic acids is 2. The highest BCUT2D eigenvalue weighted by molar-refractivity contribution is 7.88. The maximum Gasteiger partial charge on any atom is 0.274 e. The van der Waals surface area contributed by atoms with Crippen molar-refractivity contribution in [3.8, 4) is 17.1 Å². The molecule has 38 heavy (non-hydrogen) atoms. The molecule has 0 fully saturated rings. The third kappa shape index (κ3) is 5.55.